The van der Waals surface area contributed by atoms with E-state index in [0.29, 0.717) is 24.7 Å². The third-order valence-corrected chi connectivity index (χ3v) is 5.64. The van der Waals surface area contributed by atoms with Crippen molar-refractivity contribution in [1.82, 2.24) is 15.3 Å². The van der Waals surface area contributed by atoms with E-state index in [1.807, 2.05) is 6.07 Å². The summed E-state index contributed by atoms with van der Waals surface area (Å²) in [5.74, 6) is 5.33. The number of fused-ring (bicyclic) bond motifs is 1. The molecule has 10 heteroatoms. The number of halogens is 1. The second-order valence-corrected chi connectivity index (χ2v) is 8.19. The molecule has 2 aliphatic heterocycles. The maximum atomic E-state index is 13.8. The number of amides is 2. The van der Waals surface area contributed by atoms with E-state index < -0.39 is 17.9 Å². The van der Waals surface area contributed by atoms with Crippen LogP contribution in [-0.2, 0) is 9.53 Å². The third kappa shape index (κ3) is 4.96. The van der Waals surface area contributed by atoms with Gasteiger partial charge in [0, 0.05) is 31.1 Å². The summed E-state index contributed by atoms with van der Waals surface area (Å²) in [5, 5.41) is 2.66. The Morgan fingerprint density at radius 2 is 2.03 bits per heavy atom. The molecule has 0 aliphatic carbocycles. The van der Waals surface area contributed by atoms with Gasteiger partial charge in [-0.1, -0.05) is 11.8 Å². The predicted molar refractivity (Wildman–Crippen MR) is 126 cm³/mol. The Bertz CT molecular complexity index is 1380. The average Bonchev–Trinajstić information content (AvgIpc) is 2.97. The minimum absolute atomic E-state index is 0.00783. The molecule has 5 rings (SSSR count). The number of nitrogens with one attached hydrogen (secondary N) is 1. The number of hydrogen-bond donors (Lipinski definition) is 1. The highest BCUT2D eigenvalue weighted by atomic mass is 19.1. The fourth-order valence-corrected chi connectivity index (χ4v) is 3.59. The Balaban J connectivity index is 1.29. The van der Waals surface area contributed by atoms with Crippen molar-refractivity contribution in [3.8, 4) is 29.1 Å². The van der Waals surface area contributed by atoms with Crippen LogP contribution in [0.15, 0.2) is 54.9 Å². The number of nitrogens with zero attached hydrogens (tertiary/aromatic N) is 3. The smallest absolute Gasteiger partial charge is 0.270 e. The first-order valence-corrected chi connectivity index (χ1v) is 11.2. The molecule has 1 N–H and O–H groups in total. The van der Waals surface area contributed by atoms with Crippen LogP contribution in [-0.4, -0.2) is 54.7 Å². The Kier molecular flexibility index (Phi) is 6.47. The average molecular weight is 488 g/mol. The quantitative estimate of drug-likeness (QED) is 0.445. The molecular weight excluding hydrogens is 467 g/mol. The van der Waals surface area contributed by atoms with Crippen LogP contribution in [0.5, 0.6) is 17.2 Å². The van der Waals surface area contributed by atoms with Gasteiger partial charge < -0.3 is 24.4 Å². The number of aromatic nitrogens is 2. The molecule has 4 heterocycles. The minimum atomic E-state index is -0.960. The van der Waals surface area contributed by atoms with Crippen molar-refractivity contribution >= 4 is 17.5 Å². The van der Waals surface area contributed by atoms with Crippen molar-refractivity contribution in [2.75, 3.05) is 31.8 Å². The van der Waals surface area contributed by atoms with Crippen molar-refractivity contribution in [2.24, 2.45) is 5.92 Å². The number of ether oxygens (including phenoxy) is 3. The van der Waals surface area contributed by atoms with E-state index >= 15 is 0 Å². The fourth-order valence-electron chi connectivity index (χ4n) is 3.59. The zero-order valence-corrected chi connectivity index (χ0v) is 19.2. The molecule has 0 spiro atoms. The van der Waals surface area contributed by atoms with Gasteiger partial charge in [0.05, 0.1) is 24.8 Å². The van der Waals surface area contributed by atoms with Gasteiger partial charge in [-0.25, -0.2) is 4.98 Å². The summed E-state index contributed by atoms with van der Waals surface area (Å²) in [6.45, 7) is 1.19. The van der Waals surface area contributed by atoms with Gasteiger partial charge in [0.2, 0.25) is 0 Å². The van der Waals surface area contributed by atoms with Crippen LogP contribution < -0.4 is 19.7 Å². The van der Waals surface area contributed by atoms with Crippen molar-refractivity contribution in [3.63, 3.8) is 0 Å². The maximum absolute atomic E-state index is 13.8. The van der Waals surface area contributed by atoms with Crippen molar-refractivity contribution < 1.29 is 28.2 Å². The van der Waals surface area contributed by atoms with Gasteiger partial charge in [0.1, 0.15) is 29.8 Å². The van der Waals surface area contributed by atoms with Crippen LogP contribution in [0, 0.1) is 23.7 Å². The third-order valence-electron chi connectivity index (χ3n) is 5.64. The van der Waals surface area contributed by atoms with Crippen LogP contribution in [0.4, 0.5) is 10.1 Å². The van der Waals surface area contributed by atoms with Crippen molar-refractivity contribution in [3.05, 3.63) is 72.1 Å². The van der Waals surface area contributed by atoms with E-state index in [2.05, 4.69) is 27.1 Å². The van der Waals surface area contributed by atoms with E-state index in [9.17, 15) is 14.0 Å². The zero-order chi connectivity index (χ0) is 25.1. The molecule has 1 saturated heterocycles. The molecule has 2 aliphatic rings. The summed E-state index contributed by atoms with van der Waals surface area (Å²) in [7, 11) is 1.61. The fraction of sp³-hybridized carbons (Fsp3) is 0.231. The van der Waals surface area contributed by atoms with Gasteiger partial charge in [-0.2, -0.15) is 4.39 Å². The van der Waals surface area contributed by atoms with Crippen LogP contribution in [0.3, 0.4) is 0 Å². The number of likely N-dealkylation sites (N-methyl/N-ethyl adjacent to an activating group) is 1. The number of hydrogen-bond acceptors (Lipinski definition) is 7. The number of benzene rings is 1. The topological polar surface area (TPSA) is 103 Å². The van der Waals surface area contributed by atoms with E-state index in [0.717, 1.165) is 5.56 Å². The summed E-state index contributed by atoms with van der Waals surface area (Å²) < 4.78 is 30.2. The SMILES string of the molecule is CN1C(=O)[C@@H](NC(=O)c2cc(Oc3cccnc3F)ccn2)COc2ccc(C#CC3COC3)cc21. The van der Waals surface area contributed by atoms with Gasteiger partial charge in [-0.05, 0) is 36.4 Å². The molecule has 0 bridgehead atoms. The predicted octanol–water partition coefficient (Wildman–Crippen LogP) is 2.56. The first kappa shape index (κ1) is 23.3. The zero-order valence-electron chi connectivity index (χ0n) is 19.2. The Hall–Kier alpha value is -4.49. The molecule has 2 amide bonds. The molecule has 9 nitrogen and oxygen atoms in total. The molecule has 0 saturated carbocycles. The van der Waals surface area contributed by atoms with Crippen LogP contribution in [0.25, 0.3) is 0 Å². The Morgan fingerprint density at radius 3 is 2.81 bits per heavy atom. The molecule has 2 aromatic heterocycles. The summed E-state index contributed by atoms with van der Waals surface area (Å²) in [4.78, 5) is 35.0. The largest absolute Gasteiger partial charge is 0.489 e. The summed E-state index contributed by atoms with van der Waals surface area (Å²) in [6, 6.07) is 10.2. The second-order valence-electron chi connectivity index (χ2n) is 8.19. The van der Waals surface area contributed by atoms with Gasteiger partial charge in [-0.3, -0.25) is 14.6 Å². The van der Waals surface area contributed by atoms with Crippen LogP contribution in [0.2, 0.25) is 0 Å². The lowest BCUT2D eigenvalue weighted by Gasteiger charge is -2.21. The summed E-state index contributed by atoms with van der Waals surface area (Å²) >= 11 is 0. The van der Waals surface area contributed by atoms with E-state index in [4.69, 9.17) is 14.2 Å². The lowest BCUT2D eigenvalue weighted by atomic mass is 10.1. The lowest BCUT2D eigenvalue weighted by Crippen LogP contribution is -2.49. The number of carbonyl (C=O) groups is 2. The first-order chi connectivity index (χ1) is 17.5. The van der Waals surface area contributed by atoms with Crippen LogP contribution in [0.1, 0.15) is 16.1 Å². The number of anilines is 1. The summed E-state index contributed by atoms with van der Waals surface area (Å²) in [6.07, 6.45) is 2.65. The molecular formula is C26H21FN4O5. The first-order valence-electron chi connectivity index (χ1n) is 11.2. The highest BCUT2D eigenvalue weighted by Gasteiger charge is 2.31. The number of carbonyl (C=O) groups excluding carboxylic acids is 2. The molecule has 36 heavy (non-hydrogen) atoms. The molecule has 1 aromatic carbocycles. The molecule has 182 valence electrons. The van der Waals surface area contributed by atoms with Gasteiger partial charge >= 0.3 is 0 Å². The molecule has 1 fully saturated rings. The van der Waals surface area contributed by atoms with E-state index in [1.165, 1.54) is 41.6 Å². The standard InChI is InChI=1S/C26H21FN4O5/c1-31-21-11-16(4-5-17-13-34-14-17)6-7-22(21)35-15-20(26(31)33)30-25(32)19-12-18(8-10-28-19)36-23-3-2-9-29-24(23)27/h2-3,6-12,17,20H,13-15H2,1H3,(H,30,32)/t20-/m0/s1. The number of rotatable bonds is 4. The highest BCUT2D eigenvalue weighted by Crippen LogP contribution is 2.31. The van der Waals surface area contributed by atoms with Crippen LogP contribution >= 0.6 is 0 Å². The lowest BCUT2D eigenvalue weighted by molar-refractivity contribution is -0.120. The molecule has 1 atom stereocenters. The van der Waals surface area contributed by atoms with Crippen molar-refractivity contribution in [2.45, 2.75) is 6.04 Å². The molecule has 0 radical (unpaired) electrons. The molecule has 3 aromatic rings. The highest BCUT2D eigenvalue weighted by molar-refractivity contribution is 6.03. The van der Waals surface area contributed by atoms with E-state index in [1.54, 1.807) is 19.2 Å². The van der Waals surface area contributed by atoms with Gasteiger partial charge in [0.25, 0.3) is 17.8 Å². The van der Waals surface area contributed by atoms with Crippen molar-refractivity contribution in [1.29, 1.82) is 0 Å². The Morgan fingerprint density at radius 1 is 1.17 bits per heavy atom. The second kappa shape index (κ2) is 10.0. The molecule has 0 unspecified atom stereocenters. The van der Waals surface area contributed by atoms with Gasteiger partial charge in [0.15, 0.2) is 5.75 Å². The summed E-state index contributed by atoms with van der Waals surface area (Å²) in [5.41, 5.74) is 1.30. The normalized spacial score (nSPS) is 17.0. The van der Waals surface area contributed by atoms with Gasteiger partial charge in [-0.15, -0.1) is 0 Å². The maximum Gasteiger partial charge on any atom is 0.270 e. The Labute approximate surface area is 206 Å². The minimum Gasteiger partial charge on any atom is -0.489 e. The van der Waals surface area contributed by atoms with E-state index in [-0.39, 0.29) is 35.6 Å². The monoisotopic (exact) mass is 488 g/mol. The number of pyridine rings is 2.